The van der Waals surface area contributed by atoms with Crippen molar-refractivity contribution in [1.82, 2.24) is 25.6 Å². The Morgan fingerprint density at radius 2 is 1.78 bits per heavy atom. The zero-order valence-corrected chi connectivity index (χ0v) is 20.9. The van der Waals surface area contributed by atoms with E-state index in [1.54, 1.807) is 6.07 Å². The summed E-state index contributed by atoms with van der Waals surface area (Å²) >= 11 is 0. The number of hydrogen-bond donors (Lipinski definition) is 1. The van der Waals surface area contributed by atoms with E-state index in [9.17, 15) is 4.39 Å². The van der Waals surface area contributed by atoms with Crippen molar-refractivity contribution in [3.05, 3.63) is 102 Å². The number of halogens is 1. The fourth-order valence-electron chi connectivity index (χ4n) is 4.58. The Hall–Kier alpha value is -4.46. The average Bonchev–Trinajstić information content (AvgIpc) is 3.46. The zero-order chi connectivity index (χ0) is 25.8. The van der Waals surface area contributed by atoms with Gasteiger partial charge in [-0.05, 0) is 53.8 Å². The smallest absolute Gasteiger partial charge is 0.205 e. The van der Waals surface area contributed by atoms with Crippen LogP contribution in [-0.2, 0) is 6.42 Å². The first-order valence-electron chi connectivity index (χ1n) is 12.4. The summed E-state index contributed by atoms with van der Waals surface area (Å²) in [5.74, 6) is 1.58. The van der Waals surface area contributed by atoms with Gasteiger partial charge in [0.1, 0.15) is 17.5 Å². The van der Waals surface area contributed by atoms with Crippen LogP contribution in [0.1, 0.15) is 38.7 Å². The standard InChI is InChI=1S/C29H28FN7/c1-4-5-10-27-26(19(2)37(20(3)32-27)28-16-15-23(30)18-31-28)17-21-11-13-22(14-12-21)24-8-6-7-9-25(24)29-33-35-36-34-29/h6-9,11-16,18H,2,4-5,10,17H2,1,3H3,(H,33,34,35,36). The van der Waals surface area contributed by atoms with Crippen molar-refractivity contribution < 1.29 is 4.39 Å². The number of unbranched alkanes of at least 4 members (excludes halogenated alkanes) is 1. The lowest BCUT2D eigenvalue weighted by Gasteiger charge is -2.32. The molecule has 8 heteroatoms. The van der Waals surface area contributed by atoms with Crippen LogP contribution in [0, 0.1) is 5.82 Å². The molecule has 0 bridgehead atoms. The minimum atomic E-state index is -0.374. The molecule has 0 saturated carbocycles. The highest BCUT2D eigenvalue weighted by Gasteiger charge is 2.25. The molecular weight excluding hydrogens is 465 g/mol. The molecule has 186 valence electrons. The van der Waals surface area contributed by atoms with Crippen LogP contribution < -0.4 is 4.90 Å². The summed E-state index contributed by atoms with van der Waals surface area (Å²) in [6, 6.07) is 19.6. The van der Waals surface area contributed by atoms with E-state index >= 15 is 0 Å². The van der Waals surface area contributed by atoms with Crippen molar-refractivity contribution in [3.8, 4) is 22.5 Å². The molecule has 0 atom stereocenters. The number of hydrogen-bond acceptors (Lipinski definition) is 6. The molecular formula is C29H28FN7. The second-order valence-corrected chi connectivity index (χ2v) is 8.96. The van der Waals surface area contributed by atoms with Gasteiger partial charge in [-0.15, -0.1) is 10.2 Å². The van der Waals surface area contributed by atoms with Crippen molar-refractivity contribution in [2.24, 2.45) is 4.99 Å². The third-order valence-electron chi connectivity index (χ3n) is 6.45. The summed E-state index contributed by atoms with van der Waals surface area (Å²) in [5, 5.41) is 14.5. The molecule has 2 aromatic heterocycles. The maximum Gasteiger partial charge on any atom is 0.205 e. The predicted octanol–water partition coefficient (Wildman–Crippen LogP) is 6.51. The first-order chi connectivity index (χ1) is 18.0. The van der Waals surface area contributed by atoms with Crippen molar-refractivity contribution in [1.29, 1.82) is 0 Å². The van der Waals surface area contributed by atoms with Gasteiger partial charge in [-0.25, -0.2) is 14.4 Å². The van der Waals surface area contributed by atoms with Gasteiger partial charge in [-0.1, -0.05) is 68.5 Å². The van der Waals surface area contributed by atoms with Crippen LogP contribution in [0.15, 0.2) is 95.4 Å². The van der Waals surface area contributed by atoms with Gasteiger partial charge in [0.25, 0.3) is 0 Å². The van der Waals surface area contributed by atoms with Gasteiger partial charge in [0.2, 0.25) is 5.82 Å². The Kier molecular flexibility index (Phi) is 6.98. The second kappa shape index (κ2) is 10.7. The van der Waals surface area contributed by atoms with E-state index in [-0.39, 0.29) is 5.82 Å². The first-order valence-corrected chi connectivity index (χ1v) is 12.4. The van der Waals surface area contributed by atoms with Crippen LogP contribution in [0.3, 0.4) is 0 Å². The molecule has 37 heavy (non-hydrogen) atoms. The molecule has 0 amide bonds. The number of tetrazole rings is 1. The summed E-state index contributed by atoms with van der Waals surface area (Å²) < 4.78 is 13.5. The predicted molar refractivity (Wildman–Crippen MR) is 144 cm³/mol. The number of allylic oxidation sites excluding steroid dienone is 2. The van der Waals surface area contributed by atoms with Gasteiger partial charge in [-0.2, -0.15) is 5.21 Å². The van der Waals surface area contributed by atoms with Crippen molar-refractivity contribution >= 4 is 11.7 Å². The number of H-pyrrole nitrogens is 1. The average molecular weight is 494 g/mol. The molecule has 1 N–H and O–H groups in total. The van der Waals surface area contributed by atoms with Gasteiger partial charge < -0.3 is 0 Å². The molecule has 0 fully saturated rings. The molecule has 0 spiro atoms. The lowest BCUT2D eigenvalue weighted by molar-refractivity contribution is 0.621. The Morgan fingerprint density at radius 1 is 1.00 bits per heavy atom. The maximum absolute atomic E-state index is 13.5. The third kappa shape index (κ3) is 5.09. The molecule has 0 radical (unpaired) electrons. The minimum Gasteiger partial charge on any atom is -0.283 e. The number of nitrogens with one attached hydrogen (secondary N) is 1. The van der Waals surface area contributed by atoms with E-state index in [4.69, 9.17) is 4.99 Å². The molecule has 4 aromatic rings. The Balaban J connectivity index is 1.45. The largest absolute Gasteiger partial charge is 0.283 e. The van der Waals surface area contributed by atoms with Gasteiger partial charge in [-0.3, -0.25) is 4.90 Å². The lowest BCUT2D eigenvalue weighted by Crippen LogP contribution is -2.33. The van der Waals surface area contributed by atoms with Crippen LogP contribution >= 0.6 is 0 Å². The lowest BCUT2D eigenvalue weighted by atomic mass is 9.94. The molecule has 2 aromatic carbocycles. The van der Waals surface area contributed by atoms with Crippen molar-refractivity contribution in [3.63, 3.8) is 0 Å². The quantitative estimate of drug-likeness (QED) is 0.303. The number of aliphatic imine (C=N–C) groups is 1. The summed E-state index contributed by atoms with van der Waals surface area (Å²) in [7, 11) is 0. The highest BCUT2D eigenvalue weighted by Crippen LogP contribution is 2.34. The Morgan fingerprint density at radius 3 is 2.46 bits per heavy atom. The molecule has 0 unspecified atom stereocenters. The van der Waals surface area contributed by atoms with E-state index in [0.717, 1.165) is 64.3 Å². The highest BCUT2D eigenvalue weighted by molar-refractivity contribution is 6.01. The Labute approximate surface area is 215 Å². The summed E-state index contributed by atoms with van der Waals surface area (Å²) in [6.07, 6.45) is 4.90. The SMILES string of the molecule is C=C1C(Cc2ccc(-c3ccccc3-c3nn[nH]n3)cc2)=C(CCCC)N=C(C)N1c1ccc(F)cn1. The number of benzene rings is 2. The van der Waals surface area contributed by atoms with E-state index < -0.39 is 0 Å². The normalized spacial score (nSPS) is 13.8. The molecule has 1 aliphatic heterocycles. The summed E-state index contributed by atoms with van der Waals surface area (Å²) in [4.78, 5) is 11.1. The van der Waals surface area contributed by atoms with Crippen molar-refractivity contribution in [2.45, 2.75) is 39.5 Å². The third-order valence-corrected chi connectivity index (χ3v) is 6.45. The molecule has 7 nitrogen and oxygen atoms in total. The van der Waals surface area contributed by atoms with Gasteiger partial charge in [0.15, 0.2) is 0 Å². The maximum atomic E-state index is 13.5. The number of amidine groups is 1. The van der Waals surface area contributed by atoms with E-state index in [2.05, 4.69) is 69.4 Å². The van der Waals surface area contributed by atoms with E-state index in [0.29, 0.717) is 18.1 Å². The van der Waals surface area contributed by atoms with Crippen LogP contribution in [0.25, 0.3) is 22.5 Å². The second-order valence-electron chi connectivity index (χ2n) is 8.96. The topological polar surface area (TPSA) is 82.9 Å². The highest BCUT2D eigenvalue weighted by atomic mass is 19.1. The number of rotatable bonds is 8. The molecule has 3 heterocycles. The monoisotopic (exact) mass is 493 g/mol. The fourth-order valence-corrected chi connectivity index (χ4v) is 4.58. The molecule has 5 rings (SSSR count). The zero-order valence-electron chi connectivity index (χ0n) is 20.9. The van der Waals surface area contributed by atoms with Gasteiger partial charge in [0, 0.05) is 29.0 Å². The van der Waals surface area contributed by atoms with E-state index in [1.807, 2.05) is 30.0 Å². The van der Waals surface area contributed by atoms with Gasteiger partial charge >= 0.3 is 0 Å². The van der Waals surface area contributed by atoms with Gasteiger partial charge in [0.05, 0.1) is 6.20 Å². The number of anilines is 1. The Bertz CT molecular complexity index is 1450. The number of nitrogens with zero attached hydrogens (tertiary/aromatic N) is 6. The minimum absolute atomic E-state index is 0.374. The summed E-state index contributed by atoms with van der Waals surface area (Å²) in [5.41, 5.74) is 7.12. The van der Waals surface area contributed by atoms with E-state index in [1.165, 1.54) is 12.3 Å². The van der Waals surface area contributed by atoms with Crippen LogP contribution in [0.5, 0.6) is 0 Å². The molecule has 1 aliphatic rings. The van der Waals surface area contributed by atoms with Crippen molar-refractivity contribution in [2.75, 3.05) is 4.90 Å². The van der Waals surface area contributed by atoms with Crippen LogP contribution in [-0.4, -0.2) is 31.4 Å². The number of pyridine rings is 1. The number of aromatic amines is 1. The fraction of sp³-hybridized carbons (Fsp3) is 0.207. The summed E-state index contributed by atoms with van der Waals surface area (Å²) in [6.45, 7) is 8.53. The first kappa shape index (κ1) is 24.2. The van der Waals surface area contributed by atoms with Crippen LogP contribution in [0.2, 0.25) is 0 Å². The molecule has 0 aliphatic carbocycles. The molecule has 0 saturated heterocycles. The van der Waals surface area contributed by atoms with Crippen LogP contribution in [0.4, 0.5) is 10.2 Å². The number of aromatic nitrogens is 5.